The lowest BCUT2D eigenvalue weighted by Gasteiger charge is -2.05. The molecule has 2 heterocycles. The predicted molar refractivity (Wildman–Crippen MR) is 74.5 cm³/mol. The van der Waals surface area contributed by atoms with E-state index < -0.39 is 11.1 Å². The van der Waals surface area contributed by atoms with Crippen LogP contribution in [0.4, 0.5) is 0 Å². The summed E-state index contributed by atoms with van der Waals surface area (Å²) in [5, 5.41) is 1.03. The highest BCUT2D eigenvalue weighted by molar-refractivity contribution is 7.25. The first-order valence-electron chi connectivity index (χ1n) is 5.86. The summed E-state index contributed by atoms with van der Waals surface area (Å²) >= 11 is 1.51. The molecule has 0 fully saturated rings. The average Bonchev–Trinajstić information content (AvgIpc) is 2.72. The third-order valence-electron chi connectivity index (χ3n) is 2.95. The molecule has 0 saturated carbocycles. The number of thiophene rings is 1. The van der Waals surface area contributed by atoms with Crippen molar-refractivity contribution >= 4 is 31.8 Å². The molecule has 0 unspecified atom stereocenters. The maximum Gasteiger partial charge on any atom is 0.316 e. The molecule has 0 bridgehead atoms. The molecule has 0 spiro atoms. The second-order valence-corrected chi connectivity index (χ2v) is 5.24. The van der Waals surface area contributed by atoms with Crippen LogP contribution in [-0.4, -0.2) is 9.55 Å². The fraction of sp³-hybridized carbons (Fsp3) is 0.231. The predicted octanol–water partition coefficient (Wildman–Crippen LogP) is 2.31. The highest BCUT2D eigenvalue weighted by atomic mass is 32.1. The smallest absolute Gasteiger partial charge is 0.308 e. The Morgan fingerprint density at radius 3 is 2.83 bits per heavy atom. The Kier molecular flexibility index (Phi) is 2.56. The highest BCUT2D eigenvalue weighted by Gasteiger charge is 2.12. The Labute approximate surface area is 107 Å². The van der Waals surface area contributed by atoms with Crippen LogP contribution in [0, 0.1) is 0 Å². The van der Waals surface area contributed by atoms with Gasteiger partial charge in [0.15, 0.2) is 0 Å². The number of hydrogen-bond acceptors (Lipinski definition) is 3. The van der Waals surface area contributed by atoms with Gasteiger partial charge in [0.1, 0.15) is 4.83 Å². The number of H-pyrrole nitrogens is 1. The SMILES string of the molecule is CCCn1c(=O)c(=O)[nH]c2sc3ccccc3c21. The first-order chi connectivity index (χ1) is 8.72. The number of aromatic nitrogens is 2. The van der Waals surface area contributed by atoms with Gasteiger partial charge in [-0.2, -0.15) is 0 Å². The minimum Gasteiger partial charge on any atom is -0.308 e. The van der Waals surface area contributed by atoms with E-state index in [-0.39, 0.29) is 0 Å². The molecule has 0 saturated heterocycles. The summed E-state index contributed by atoms with van der Waals surface area (Å²) in [6.45, 7) is 2.56. The van der Waals surface area contributed by atoms with Crippen LogP contribution < -0.4 is 11.1 Å². The van der Waals surface area contributed by atoms with E-state index in [1.165, 1.54) is 11.3 Å². The van der Waals surface area contributed by atoms with E-state index in [2.05, 4.69) is 4.98 Å². The standard InChI is InChI=1S/C13H12N2O2S/c1-2-7-15-10-8-5-3-4-6-9(8)18-12(10)14-11(16)13(15)17/h3-6H,2,7H2,1H3,(H,14,16). The van der Waals surface area contributed by atoms with Gasteiger partial charge in [-0.25, -0.2) is 0 Å². The molecule has 0 radical (unpaired) electrons. The number of nitrogens with zero attached hydrogens (tertiary/aromatic N) is 1. The van der Waals surface area contributed by atoms with Crippen molar-refractivity contribution in [1.29, 1.82) is 0 Å². The lowest BCUT2D eigenvalue weighted by atomic mass is 10.2. The summed E-state index contributed by atoms with van der Waals surface area (Å²) in [4.78, 5) is 27.0. The summed E-state index contributed by atoms with van der Waals surface area (Å²) in [7, 11) is 0. The Morgan fingerprint density at radius 2 is 2.06 bits per heavy atom. The molecule has 2 aromatic heterocycles. The third kappa shape index (κ3) is 1.51. The summed E-state index contributed by atoms with van der Waals surface area (Å²) in [6.07, 6.45) is 0.822. The van der Waals surface area contributed by atoms with Gasteiger partial charge in [-0.05, 0) is 12.5 Å². The number of rotatable bonds is 2. The quantitative estimate of drug-likeness (QED) is 0.719. The number of hydrogen-bond donors (Lipinski definition) is 1. The van der Waals surface area contributed by atoms with Crippen LogP contribution in [0.15, 0.2) is 33.9 Å². The van der Waals surface area contributed by atoms with Gasteiger partial charge < -0.3 is 9.55 Å². The van der Waals surface area contributed by atoms with Gasteiger partial charge in [0.25, 0.3) is 0 Å². The molecule has 3 aromatic rings. The Balaban J connectivity index is 2.58. The van der Waals surface area contributed by atoms with Crippen molar-refractivity contribution in [1.82, 2.24) is 9.55 Å². The molecule has 1 N–H and O–H groups in total. The van der Waals surface area contributed by atoms with Gasteiger partial charge >= 0.3 is 11.1 Å². The van der Waals surface area contributed by atoms with Crippen molar-refractivity contribution in [3.8, 4) is 0 Å². The molecule has 0 aliphatic carbocycles. The van der Waals surface area contributed by atoms with Gasteiger partial charge in [-0.3, -0.25) is 9.59 Å². The minimum absolute atomic E-state index is 0.465. The number of aromatic amines is 1. The molecule has 92 valence electrons. The fourth-order valence-corrected chi connectivity index (χ4v) is 3.30. The molecular formula is C13H12N2O2S. The van der Waals surface area contributed by atoms with Gasteiger partial charge in [0.2, 0.25) is 0 Å². The summed E-state index contributed by atoms with van der Waals surface area (Å²) < 4.78 is 2.67. The summed E-state index contributed by atoms with van der Waals surface area (Å²) in [5.74, 6) is 0. The van der Waals surface area contributed by atoms with Crippen LogP contribution in [0.25, 0.3) is 20.4 Å². The molecule has 5 heteroatoms. The van der Waals surface area contributed by atoms with E-state index in [1.54, 1.807) is 4.57 Å². The maximum absolute atomic E-state index is 11.9. The summed E-state index contributed by atoms with van der Waals surface area (Å²) in [5.41, 5.74) is -0.155. The van der Waals surface area contributed by atoms with E-state index in [1.807, 2.05) is 31.2 Å². The van der Waals surface area contributed by atoms with Crippen molar-refractivity contribution in [2.24, 2.45) is 0 Å². The molecule has 18 heavy (non-hydrogen) atoms. The number of nitrogens with one attached hydrogen (secondary N) is 1. The van der Waals surface area contributed by atoms with Crippen molar-refractivity contribution in [3.05, 3.63) is 45.0 Å². The molecule has 4 nitrogen and oxygen atoms in total. The topological polar surface area (TPSA) is 54.9 Å². The van der Waals surface area contributed by atoms with E-state index in [0.29, 0.717) is 6.54 Å². The second-order valence-electron chi connectivity index (χ2n) is 4.19. The molecule has 0 amide bonds. The number of aryl methyl sites for hydroxylation is 1. The zero-order chi connectivity index (χ0) is 12.7. The third-order valence-corrected chi connectivity index (χ3v) is 4.03. The molecule has 0 aliphatic heterocycles. The van der Waals surface area contributed by atoms with E-state index >= 15 is 0 Å². The van der Waals surface area contributed by atoms with Gasteiger partial charge in [0.05, 0.1) is 5.52 Å². The molecule has 0 atom stereocenters. The van der Waals surface area contributed by atoms with Crippen molar-refractivity contribution in [3.63, 3.8) is 0 Å². The average molecular weight is 260 g/mol. The lowest BCUT2D eigenvalue weighted by Crippen LogP contribution is -2.35. The van der Waals surface area contributed by atoms with Crippen LogP contribution in [0.2, 0.25) is 0 Å². The largest absolute Gasteiger partial charge is 0.316 e. The normalized spacial score (nSPS) is 11.4. The van der Waals surface area contributed by atoms with Crippen LogP contribution >= 0.6 is 11.3 Å². The zero-order valence-corrected chi connectivity index (χ0v) is 10.7. The maximum atomic E-state index is 11.9. The molecule has 0 aliphatic rings. The highest BCUT2D eigenvalue weighted by Crippen LogP contribution is 2.30. The van der Waals surface area contributed by atoms with Gasteiger partial charge in [0, 0.05) is 16.6 Å². The van der Waals surface area contributed by atoms with Gasteiger partial charge in [-0.1, -0.05) is 25.1 Å². The lowest BCUT2D eigenvalue weighted by molar-refractivity contribution is 0.671. The number of benzene rings is 1. The first-order valence-corrected chi connectivity index (χ1v) is 6.68. The van der Waals surface area contributed by atoms with E-state index in [9.17, 15) is 9.59 Å². The van der Waals surface area contributed by atoms with E-state index in [0.717, 1.165) is 26.9 Å². The minimum atomic E-state index is -0.539. The second kappa shape index (κ2) is 4.10. The number of fused-ring (bicyclic) bond motifs is 3. The van der Waals surface area contributed by atoms with Crippen LogP contribution in [-0.2, 0) is 6.54 Å². The van der Waals surface area contributed by atoms with Crippen LogP contribution in [0.3, 0.4) is 0 Å². The zero-order valence-electron chi connectivity index (χ0n) is 9.90. The van der Waals surface area contributed by atoms with Crippen LogP contribution in [0.5, 0.6) is 0 Å². The Morgan fingerprint density at radius 1 is 1.28 bits per heavy atom. The van der Waals surface area contributed by atoms with Crippen LogP contribution in [0.1, 0.15) is 13.3 Å². The van der Waals surface area contributed by atoms with Crippen molar-refractivity contribution in [2.45, 2.75) is 19.9 Å². The van der Waals surface area contributed by atoms with Crippen molar-refractivity contribution in [2.75, 3.05) is 0 Å². The Bertz CT molecular complexity index is 841. The van der Waals surface area contributed by atoms with Crippen molar-refractivity contribution < 1.29 is 0 Å². The van der Waals surface area contributed by atoms with E-state index in [4.69, 9.17) is 0 Å². The Hall–Kier alpha value is -1.88. The first kappa shape index (κ1) is 11.2. The molecule has 3 rings (SSSR count). The van der Waals surface area contributed by atoms with Gasteiger partial charge in [-0.15, -0.1) is 11.3 Å². The molecular weight excluding hydrogens is 248 g/mol. The molecule has 1 aromatic carbocycles. The monoisotopic (exact) mass is 260 g/mol. The summed E-state index contributed by atoms with van der Waals surface area (Å²) in [6, 6.07) is 7.88. The fourth-order valence-electron chi connectivity index (χ4n) is 2.20.